The molecule has 1 aromatic carbocycles. The van der Waals surface area contributed by atoms with Gasteiger partial charge >= 0.3 is 6.03 Å². The summed E-state index contributed by atoms with van der Waals surface area (Å²) in [6, 6.07) is 7.91. The molecule has 0 bridgehead atoms. The second kappa shape index (κ2) is 6.37. The first-order chi connectivity index (χ1) is 8.79. The van der Waals surface area contributed by atoms with Gasteiger partial charge in [-0.05, 0) is 11.1 Å². The van der Waals surface area contributed by atoms with Crippen LogP contribution in [0.4, 0.5) is 4.79 Å². The predicted octanol–water partition coefficient (Wildman–Crippen LogP) is 0.687. The average molecular weight is 249 g/mol. The molecule has 0 unspecified atom stereocenters. The molecule has 1 saturated heterocycles. The fraction of sp³-hybridized carbons (Fsp3) is 0.462. The van der Waals surface area contributed by atoms with Crippen LogP contribution in [-0.4, -0.2) is 37.2 Å². The standard InChI is InChI=1S/C13H19N3O2/c14-9-11-1-3-12(4-2-11)10-15-13(17)16-5-7-18-8-6-16/h1-4H,5-10,14H2,(H,15,17). The number of benzene rings is 1. The van der Waals surface area contributed by atoms with Crippen molar-refractivity contribution in [3.63, 3.8) is 0 Å². The van der Waals surface area contributed by atoms with Crippen LogP contribution in [0.25, 0.3) is 0 Å². The molecule has 1 fully saturated rings. The van der Waals surface area contributed by atoms with Crippen molar-refractivity contribution in [3.05, 3.63) is 35.4 Å². The molecule has 0 spiro atoms. The van der Waals surface area contributed by atoms with Gasteiger partial charge in [-0.2, -0.15) is 0 Å². The van der Waals surface area contributed by atoms with Crippen LogP contribution in [0.5, 0.6) is 0 Å². The minimum absolute atomic E-state index is 0.0267. The topological polar surface area (TPSA) is 67.6 Å². The van der Waals surface area contributed by atoms with Crippen molar-refractivity contribution in [2.24, 2.45) is 5.73 Å². The van der Waals surface area contributed by atoms with Crippen LogP contribution >= 0.6 is 0 Å². The fourth-order valence-corrected chi connectivity index (χ4v) is 1.85. The Balaban J connectivity index is 1.80. The SMILES string of the molecule is NCc1ccc(CNC(=O)N2CCOCC2)cc1. The van der Waals surface area contributed by atoms with Gasteiger partial charge in [0, 0.05) is 26.2 Å². The highest BCUT2D eigenvalue weighted by Crippen LogP contribution is 2.04. The molecule has 0 aromatic heterocycles. The molecule has 2 rings (SSSR count). The van der Waals surface area contributed by atoms with Crippen LogP contribution in [0.2, 0.25) is 0 Å². The summed E-state index contributed by atoms with van der Waals surface area (Å²) in [7, 11) is 0. The Bertz CT molecular complexity index is 386. The second-order valence-corrected chi connectivity index (χ2v) is 4.28. The number of morpholine rings is 1. The molecule has 0 saturated carbocycles. The zero-order valence-electron chi connectivity index (χ0n) is 10.4. The average Bonchev–Trinajstić information content (AvgIpc) is 2.46. The van der Waals surface area contributed by atoms with E-state index in [0.29, 0.717) is 39.4 Å². The van der Waals surface area contributed by atoms with E-state index in [1.165, 1.54) is 0 Å². The summed E-state index contributed by atoms with van der Waals surface area (Å²) in [4.78, 5) is 13.6. The molecule has 0 atom stereocenters. The molecule has 18 heavy (non-hydrogen) atoms. The highest BCUT2D eigenvalue weighted by atomic mass is 16.5. The highest BCUT2D eigenvalue weighted by molar-refractivity contribution is 5.74. The van der Waals surface area contributed by atoms with E-state index in [4.69, 9.17) is 10.5 Å². The summed E-state index contributed by atoms with van der Waals surface area (Å²) >= 11 is 0. The Kier molecular flexibility index (Phi) is 4.55. The monoisotopic (exact) mass is 249 g/mol. The summed E-state index contributed by atoms with van der Waals surface area (Å²) in [6.07, 6.45) is 0. The zero-order valence-corrected chi connectivity index (χ0v) is 10.4. The quantitative estimate of drug-likeness (QED) is 0.828. The normalized spacial score (nSPS) is 15.5. The molecular weight excluding hydrogens is 230 g/mol. The van der Waals surface area contributed by atoms with Gasteiger partial charge in [-0.25, -0.2) is 4.79 Å². The molecule has 5 nitrogen and oxygen atoms in total. The number of carbonyl (C=O) groups is 1. The van der Waals surface area contributed by atoms with Crippen molar-refractivity contribution in [3.8, 4) is 0 Å². The van der Waals surface area contributed by atoms with Gasteiger partial charge in [0.15, 0.2) is 0 Å². The lowest BCUT2D eigenvalue weighted by Crippen LogP contribution is -2.45. The van der Waals surface area contributed by atoms with Crippen LogP contribution in [0, 0.1) is 0 Å². The molecule has 5 heteroatoms. The molecule has 0 radical (unpaired) electrons. The van der Waals surface area contributed by atoms with Gasteiger partial charge in [-0.15, -0.1) is 0 Å². The maximum atomic E-state index is 11.8. The van der Waals surface area contributed by atoms with E-state index in [1.54, 1.807) is 4.90 Å². The summed E-state index contributed by atoms with van der Waals surface area (Å²) in [6.45, 7) is 3.66. The maximum absolute atomic E-state index is 11.8. The number of nitrogens with one attached hydrogen (secondary N) is 1. The van der Waals surface area contributed by atoms with Crippen molar-refractivity contribution in [1.29, 1.82) is 0 Å². The van der Waals surface area contributed by atoms with Gasteiger partial charge in [-0.3, -0.25) is 0 Å². The number of carbonyl (C=O) groups excluding carboxylic acids is 1. The van der Waals surface area contributed by atoms with Crippen LogP contribution in [0.1, 0.15) is 11.1 Å². The lowest BCUT2D eigenvalue weighted by molar-refractivity contribution is 0.0531. The van der Waals surface area contributed by atoms with Gasteiger partial charge in [-0.1, -0.05) is 24.3 Å². The number of hydrogen-bond acceptors (Lipinski definition) is 3. The summed E-state index contributed by atoms with van der Waals surface area (Å²) < 4.78 is 5.20. The van der Waals surface area contributed by atoms with Crippen molar-refractivity contribution in [2.45, 2.75) is 13.1 Å². The van der Waals surface area contributed by atoms with E-state index in [1.807, 2.05) is 24.3 Å². The highest BCUT2D eigenvalue weighted by Gasteiger charge is 2.15. The number of nitrogens with zero attached hydrogens (tertiary/aromatic N) is 1. The van der Waals surface area contributed by atoms with Crippen molar-refractivity contribution < 1.29 is 9.53 Å². The number of amides is 2. The zero-order chi connectivity index (χ0) is 12.8. The third kappa shape index (κ3) is 3.45. The van der Waals surface area contributed by atoms with Gasteiger partial charge in [0.05, 0.1) is 13.2 Å². The van der Waals surface area contributed by atoms with E-state index in [-0.39, 0.29) is 6.03 Å². The van der Waals surface area contributed by atoms with E-state index in [0.717, 1.165) is 11.1 Å². The third-order valence-electron chi connectivity index (χ3n) is 3.00. The van der Waals surface area contributed by atoms with Crippen LogP contribution in [-0.2, 0) is 17.8 Å². The first-order valence-corrected chi connectivity index (χ1v) is 6.18. The molecule has 1 aromatic rings. The first kappa shape index (κ1) is 12.9. The van der Waals surface area contributed by atoms with Crippen molar-refractivity contribution >= 4 is 6.03 Å². The summed E-state index contributed by atoms with van der Waals surface area (Å²) in [5.74, 6) is 0. The van der Waals surface area contributed by atoms with Gasteiger partial charge in [0.2, 0.25) is 0 Å². The van der Waals surface area contributed by atoms with E-state index in [2.05, 4.69) is 5.32 Å². The minimum Gasteiger partial charge on any atom is -0.378 e. The maximum Gasteiger partial charge on any atom is 0.317 e. The van der Waals surface area contributed by atoms with Gasteiger partial charge in [0.1, 0.15) is 0 Å². The summed E-state index contributed by atoms with van der Waals surface area (Å²) in [5.41, 5.74) is 7.70. The van der Waals surface area contributed by atoms with Crippen LogP contribution in [0.3, 0.4) is 0 Å². The first-order valence-electron chi connectivity index (χ1n) is 6.18. The van der Waals surface area contributed by atoms with Crippen LogP contribution in [0.15, 0.2) is 24.3 Å². The molecule has 98 valence electrons. The van der Waals surface area contributed by atoms with Crippen molar-refractivity contribution in [1.82, 2.24) is 10.2 Å². The molecule has 1 heterocycles. The van der Waals surface area contributed by atoms with E-state index < -0.39 is 0 Å². The number of nitrogens with two attached hydrogens (primary N) is 1. The predicted molar refractivity (Wildman–Crippen MR) is 69.0 cm³/mol. The van der Waals surface area contributed by atoms with Crippen LogP contribution < -0.4 is 11.1 Å². The largest absolute Gasteiger partial charge is 0.378 e. The number of urea groups is 1. The molecule has 0 aliphatic carbocycles. The Labute approximate surface area is 107 Å². The summed E-state index contributed by atoms with van der Waals surface area (Å²) in [5, 5.41) is 2.91. The number of rotatable bonds is 3. The molecule has 1 aliphatic rings. The molecule has 3 N–H and O–H groups in total. The third-order valence-corrected chi connectivity index (χ3v) is 3.00. The second-order valence-electron chi connectivity index (χ2n) is 4.28. The number of hydrogen-bond donors (Lipinski definition) is 2. The Morgan fingerprint density at radius 3 is 2.44 bits per heavy atom. The van der Waals surface area contributed by atoms with Gasteiger partial charge < -0.3 is 20.7 Å². The minimum atomic E-state index is -0.0267. The Morgan fingerprint density at radius 2 is 1.83 bits per heavy atom. The Hall–Kier alpha value is -1.59. The smallest absolute Gasteiger partial charge is 0.317 e. The van der Waals surface area contributed by atoms with E-state index in [9.17, 15) is 4.79 Å². The fourth-order valence-electron chi connectivity index (χ4n) is 1.85. The Morgan fingerprint density at radius 1 is 1.22 bits per heavy atom. The molecule has 1 aliphatic heterocycles. The van der Waals surface area contributed by atoms with Crippen molar-refractivity contribution in [2.75, 3.05) is 26.3 Å². The lowest BCUT2D eigenvalue weighted by Gasteiger charge is -2.26. The number of ether oxygens (including phenoxy) is 1. The molecule has 2 amide bonds. The van der Waals surface area contributed by atoms with E-state index >= 15 is 0 Å². The van der Waals surface area contributed by atoms with Gasteiger partial charge in [0.25, 0.3) is 0 Å². The lowest BCUT2D eigenvalue weighted by atomic mass is 10.1. The molecular formula is C13H19N3O2.